The number of aromatic nitrogens is 4. The number of benzene rings is 1. The molecule has 0 radical (unpaired) electrons. The van der Waals surface area contributed by atoms with Gasteiger partial charge >= 0.3 is 0 Å². The Balaban J connectivity index is 1.32. The van der Waals surface area contributed by atoms with Crippen LogP contribution in [0.25, 0.3) is 5.65 Å². The summed E-state index contributed by atoms with van der Waals surface area (Å²) in [7, 11) is -1.94. The van der Waals surface area contributed by atoms with Crippen molar-refractivity contribution >= 4 is 33.1 Å². The van der Waals surface area contributed by atoms with Crippen LogP contribution >= 0.6 is 11.6 Å². The zero-order chi connectivity index (χ0) is 19.5. The van der Waals surface area contributed by atoms with Crippen molar-refractivity contribution in [3.05, 3.63) is 47.2 Å². The highest BCUT2D eigenvalue weighted by molar-refractivity contribution is 7.89. The van der Waals surface area contributed by atoms with E-state index < -0.39 is 10.0 Å². The molecule has 146 valence electrons. The van der Waals surface area contributed by atoms with Gasteiger partial charge in [-0.15, -0.1) is 15.3 Å². The molecule has 0 spiro atoms. The van der Waals surface area contributed by atoms with Crippen LogP contribution in [0.15, 0.2) is 41.3 Å². The monoisotopic (exact) mass is 418 g/mol. The Morgan fingerprint density at radius 2 is 1.79 bits per heavy atom. The highest BCUT2D eigenvalue weighted by atomic mass is 35.5. The number of likely N-dealkylation sites (N-methyl/N-ethyl adjacent to an activating group) is 1. The zero-order valence-electron chi connectivity index (χ0n) is 15.2. The van der Waals surface area contributed by atoms with Gasteiger partial charge in [0, 0.05) is 31.1 Å². The summed E-state index contributed by atoms with van der Waals surface area (Å²) in [6.07, 6.45) is 2.26. The molecule has 3 heterocycles. The summed E-state index contributed by atoms with van der Waals surface area (Å²) in [4.78, 5) is 2.31. The third-order valence-electron chi connectivity index (χ3n) is 5.41. The third kappa shape index (κ3) is 2.94. The fourth-order valence-electron chi connectivity index (χ4n) is 3.40. The Morgan fingerprint density at radius 3 is 2.46 bits per heavy atom. The second-order valence-corrected chi connectivity index (χ2v) is 9.76. The molecule has 3 aromatic rings. The maximum Gasteiger partial charge on any atom is 0.243 e. The Kier molecular flexibility index (Phi) is 4.08. The van der Waals surface area contributed by atoms with Gasteiger partial charge in [0.1, 0.15) is 5.82 Å². The van der Waals surface area contributed by atoms with Gasteiger partial charge in [-0.05, 0) is 49.2 Å². The van der Waals surface area contributed by atoms with E-state index in [9.17, 15) is 8.42 Å². The minimum atomic E-state index is -3.55. The molecule has 1 aliphatic heterocycles. The number of fused-ring (bicyclic) bond motifs is 1. The van der Waals surface area contributed by atoms with Crippen LogP contribution in [0.3, 0.4) is 0 Å². The van der Waals surface area contributed by atoms with Crippen molar-refractivity contribution < 1.29 is 8.42 Å². The molecule has 2 aliphatic rings. The second-order valence-electron chi connectivity index (χ2n) is 7.33. The van der Waals surface area contributed by atoms with Gasteiger partial charge in [-0.2, -0.15) is 8.82 Å². The topological polar surface area (TPSA) is 83.7 Å². The normalized spacial score (nSPS) is 18.0. The average Bonchev–Trinajstić information content (AvgIpc) is 3.40. The lowest BCUT2D eigenvalue weighted by atomic mass is 10.1. The molecule has 0 atom stereocenters. The summed E-state index contributed by atoms with van der Waals surface area (Å²) >= 11 is 5.86. The van der Waals surface area contributed by atoms with E-state index in [2.05, 4.69) is 20.2 Å². The van der Waals surface area contributed by atoms with Crippen LogP contribution in [-0.4, -0.2) is 58.7 Å². The lowest BCUT2D eigenvalue weighted by Crippen LogP contribution is -2.60. The number of nitrogens with zero attached hydrogens (tertiary/aromatic N) is 6. The van der Waals surface area contributed by atoms with Gasteiger partial charge < -0.3 is 4.90 Å². The van der Waals surface area contributed by atoms with Gasteiger partial charge in [0.05, 0.1) is 10.9 Å². The van der Waals surface area contributed by atoms with Gasteiger partial charge in [-0.3, -0.25) is 0 Å². The number of halogens is 1. The van der Waals surface area contributed by atoms with Crippen LogP contribution in [0, 0.1) is 0 Å². The molecule has 28 heavy (non-hydrogen) atoms. The molecule has 1 saturated heterocycles. The first-order valence-corrected chi connectivity index (χ1v) is 11.0. The van der Waals surface area contributed by atoms with Gasteiger partial charge in [0.2, 0.25) is 10.0 Å². The number of hydrogen-bond acceptors (Lipinski definition) is 6. The minimum Gasteiger partial charge on any atom is -0.352 e. The van der Waals surface area contributed by atoms with E-state index in [1.807, 2.05) is 16.6 Å². The average molecular weight is 419 g/mol. The predicted molar refractivity (Wildman–Crippen MR) is 105 cm³/mol. The van der Waals surface area contributed by atoms with E-state index >= 15 is 0 Å². The Morgan fingerprint density at radius 1 is 1.07 bits per heavy atom. The zero-order valence-corrected chi connectivity index (χ0v) is 16.8. The maximum absolute atomic E-state index is 12.8. The van der Waals surface area contributed by atoms with Crippen LogP contribution in [0.4, 0.5) is 5.82 Å². The largest absolute Gasteiger partial charge is 0.352 e. The Hall–Kier alpha value is -2.23. The van der Waals surface area contributed by atoms with Crippen molar-refractivity contribution in [2.45, 2.75) is 29.7 Å². The van der Waals surface area contributed by atoms with Gasteiger partial charge in [0.15, 0.2) is 11.5 Å². The SMILES string of the molecule is CN(C1CN(c2ccc3nnc(C4CC4)n3n2)C1)S(=O)(=O)c1ccc(Cl)cc1. The highest BCUT2D eigenvalue weighted by Crippen LogP contribution is 2.39. The number of rotatable bonds is 5. The van der Waals surface area contributed by atoms with Crippen LogP contribution in [0.2, 0.25) is 5.02 Å². The van der Waals surface area contributed by atoms with Crippen LogP contribution < -0.4 is 4.90 Å². The summed E-state index contributed by atoms with van der Waals surface area (Å²) in [5, 5.41) is 13.6. The molecule has 8 nitrogen and oxygen atoms in total. The van der Waals surface area contributed by atoms with Crippen LogP contribution in [0.1, 0.15) is 24.6 Å². The summed E-state index contributed by atoms with van der Waals surface area (Å²) in [5.74, 6) is 2.18. The van der Waals surface area contributed by atoms with Crippen LogP contribution in [-0.2, 0) is 10.0 Å². The molecule has 10 heteroatoms. The lowest BCUT2D eigenvalue weighted by molar-refractivity contribution is 0.309. The van der Waals surface area contributed by atoms with E-state index in [4.69, 9.17) is 11.6 Å². The van der Waals surface area contributed by atoms with Gasteiger partial charge in [-0.1, -0.05) is 11.6 Å². The van der Waals surface area contributed by atoms with Crippen molar-refractivity contribution in [3.63, 3.8) is 0 Å². The first-order chi connectivity index (χ1) is 13.4. The molecule has 0 bridgehead atoms. The fourth-order valence-corrected chi connectivity index (χ4v) is 4.87. The Labute approximate surface area is 167 Å². The highest BCUT2D eigenvalue weighted by Gasteiger charge is 2.37. The van der Waals surface area contributed by atoms with Gasteiger partial charge in [-0.25, -0.2) is 8.42 Å². The number of anilines is 1. The molecule has 1 aliphatic carbocycles. The summed E-state index contributed by atoms with van der Waals surface area (Å²) in [6.45, 7) is 1.17. The number of sulfonamides is 1. The van der Waals surface area contributed by atoms with Crippen molar-refractivity contribution in [1.29, 1.82) is 0 Å². The molecule has 1 aromatic carbocycles. The fraction of sp³-hybridized carbons (Fsp3) is 0.389. The molecule has 5 rings (SSSR count). The van der Waals surface area contributed by atoms with E-state index in [-0.39, 0.29) is 10.9 Å². The molecule has 2 aromatic heterocycles. The molecule has 2 fully saturated rings. The van der Waals surface area contributed by atoms with Crippen molar-refractivity contribution in [2.24, 2.45) is 0 Å². The van der Waals surface area contributed by atoms with E-state index in [1.165, 1.54) is 16.4 Å². The third-order valence-corrected chi connectivity index (χ3v) is 7.58. The first-order valence-electron chi connectivity index (χ1n) is 9.14. The number of hydrogen-bond donors (Lipinski definition) is 0. The van der Waals surface area contributed by atoms with E-state index in [0.29, 0.717) is 24.0 Å². The molecule has 0 amide bonds. The van der Waals surface area contributed by atoms with Crippen LogP contribution in [0.5, 0.6) is 0 Å². The quantitative estimate of drug-likeness (QED) is 0.631. The Bertz CT molecular complexity index is 1140. The minimum absolute atomic E-state index is 0.109. The molecule has 0 N–H and O–H groups in total. The smallest absolute Gasteiger partial charge is 0.243 e. The van der Waals surface area contributed by atoms with Gasteiger partial charge in [0.25, 0.3) is 0 Å². The van der Waals surface area contributed by atoms with E-state index in [1.54, 1.807) is 19.2 Å². The first kappa shape index (κ1) is 17.8. The summed E-state index contributed by atoms with van der Waals surface area (Å²) < 4.78 is 28.9. The molecular weight excluding hydrogens is 400 g/mol. The molecule has 0 unspecified atom stereocenters. The molecule has 1 saturated carbocycles. The van der Waals surface area contributed by atoms with Crippen molar-refractivity contribution in [1.82, 2.24) is 24.1 Å². The lowest BCUT2D eigenvalue weighted by Gasteiger charge is -2.43. The van der Waals surface area contributed by atoms with Crippen molar-refractivity contribution in [2.75, 3.05) is 25.0 Å². The standard InChI is InChI=1S/C18H19ClN6O2S/c1-23(28(26,27)15-6-4-13(19)5-7-15)14-10-24(11-14)17-9-8-16-20-21-18(12-2-3-12)25(16)22-17/h4-9,12,14H,2-3,10-11H2,1H3. The second kappa shape index (κ2) is 6.40. The summed E-state index contributed by atoms with van der Waals surface area (Å²) in [6, 6.07) is 9.95. The van der Waals surface area contributed by atoms with E-state index in [0.717, 1.165) is 30.1 Å². The summed E-state index contributed by atoms with van der Waals surface area (Å²) in [5.41, 5.74) is 0.741. The maximum atomic E-state index is 12.8. The predicted octanol–water partition coefficient (Wildman–Crippen LogP) is 2.16. The van der Waals surface area contributed by atoms with Crippen molar-refractivity contribution in [3.8, 4) is 0 Å². The molecular formula is C18H19ClN6O2S.